The molecule has 0 bridgehead atoms. The SMILES string of the molecule is COc1ccc(S(=O)(=O)CC(NC(=O)C(NC(=O)OC(C)(C)C)c2ccccc2)C(=O)OCc2ccccc2)cc1. The Morgan fingerprint density at radius 1 is 0.829 bits per heavy atom. The molecule has 0 aliphatic carbocycles. The van der Waals surface area contributed by atoms with Gasteiger partial charge >= 0.3 is 12.1 Å². The third kappa shape index (κ3) is 9.64. The van der Waals surface area contributed by atoms with E-state index in [1.54, 1.807) is 81.4 Å². The number of methoxy groups -OCH3 is 1. The van der Waals surface area contributed by atoms with E-state index in [2.05, 4.69) is 10.6 Å². The number of esters is 1. The van der Waals surface area contributed by atoms with Crippen LogP contribution < -0.4 is 15.4 Å². The topological polar surface area (TPSA) is 137 Å². The Labute approximate surface area is 239 Å². The van der Waals surface area contributed by atoms with E-state index in [1.165, 1.54) is 31.4 Å². The Balaban J connectivity index is 1.88. The molecule has 0 aliphatic heterocycles. The van der Waals surface area contributed by atoms with E-state index >= 15 is 0 Å². The summed E-state index contributed by atoms with van der Waals surface area (Å²) in [6.45, 7) is 4.89. The number of ether oxygens (including phenoxy) is 3. The van der Waals surface area contributed by atoms with Gasteiger partial charge in [0, 0.05) is 0 Å². The highest BCUT2D eigenvalue weighted by Crippen LogP contribution is 2.19. The van der Waals surface area contributed by atoms with Gasteiger partial charge in [-0.15, -0.1) is 0 Å². The number of amides is 2. The second-order valence-corrected chi connectivity index (χ2v) is 12.1. The van der Waals surface area contributed by atoms with Crippen molar-refractivity contribution in [3.05, 3.63) is 96.1 Å². The van der Waals surface area contributed by atoms with Crippen LogP contribution in [-0.4, -0.2) is 50.9 Å². The summed E-state index contributed by atoms with van der Waals surface area (Å²) in [5.74, 6) is -2.11. The van der Waals surface area contributed by atoms with Crippen molar-refractivity contribution in [3.8, 4) is 5.75 Å². The van der Waals surface area contributed by atoms with Crippen molar-refractivity contribution in [1.29, 1.82) is 0 Å². The van der Waals surface area contributed by atoms with Crippen LogP contribution in [-0.2, 0) is 35.5 Å². The van der Waals surface area contributed by atoms with Gasteiger partial charge in [0.2, 0.25) is 5.91 Å². The summed E-state index contributed by atoms with van der Waals surface area (Å²) in [4.78, 5) is 39.2. The van der Waals surface area contributed by atoms with Gasteiger partial charge in [-0.05, 0) is 56.2 Å². The predicted molar refractivity (Wildman–Crippen MR) is 152 cm³/mol. The third-order valence-electron chi connectivity index (χ3n) is 5.69. The molecule has 2 amide bonds. The van der Waals surface area contributed by atoms with Crippen molar-refractivity contribution < 1.29 is 37.0 Å². The molecule has 0 fully saturated rings. The average molecular weight is 583 g/mol. The molecule has 41 heavy (non-hydrogen) atoms. The van der Waals surface area contributed by atoms with E-state index in [-0.39, 0.29) is 11.5 Å². The molecule has 0 aliphatic rings. The number of alkyl carbamates (subject to hydrolysis) is 1. The summed E-state index contributed by atoms with van der Waals surface area (Å²) in [5.41, 5.74) is 0.237. The first-order valence-electron chi connectivity index (χ1n) is 12.8. The Bertz CT molecular complexity index is 1420. The van der Waals surface area contributed by atoms with Gasteiger partial charge in [-0.2, -0.15) is 0 Å². The van der Waals surface area contributed by atoms with Crippen LogP contribution in [0.25, 0.3) is 0 Å². The second kappa shape index (κ2) is 13.8. The van der Waals surface area contributed by atoms with Gasteiger partial charge in [0.25, 0.3) is 0 Å². The van der Waals surface area contributed by atoms with E-state index in [0.717, 1.165) is 0 Å². The normalized spacial score (nSPS) is 12.9. The molecule has 2 N–H and O–H groups in total. The fraction of sp³-hybridized carbons (Fsp3) is 0.300. The zero-order valence-electron chi connectivity index (χ0n) is 23.3. The van der Waals surface area contributed by atoms with Gasteiger partial charge < -0.3 is 24.8 Å². The van der Waals surface area contributed by atoms with Crippen molar-refractivity contribution in [1.82, 2.24) is 10.6 Å². The first-order valence-corrected chi connectivity index (χ1v) is 14.5. The molecule has 11 heteroatoms. The molecule has 0 heterocycles. The van der Waals surface area contributed by atoms with E-state index in [1.807, 2.05) is 0 Å². The summed E-state index contributed by atoms with van der Waals surface area (Å²) in [6, 6.07) is 19.9. The third-order valence-corrected chi connectivity index (χ3v) is 7.45. The van der Waals surface area contributed by atoms with Crippen LogP contribution in [0.1, 0.15) is 37.9 Å². The summed E-state index contributed by atoms with van der Waals surface area (Å²) >= 11 is 0. The molecule has 0 aromatic heterocycles. The maximum atomic E-state index is 13.5. The van der Waals surface area contributed by atoms with Gasteiger partial charge in [0.05, 0.1) is 17.8 Å². The lowest BCUT2D eigenvalue weighted by Gasteiger charge is -2.25. The van der Waals surface area contributed by atoms with Crippen molar-refractivity contribution in [2.75, 3.05) is 12.9 Å². The molecule has 0 saturated carbocycles. The highest BCUT2D eigenvalue weighted by atomic mass is 32.2. The fourth-order valence-electron chi connectivity index (χ4n) is 3.72. The maximum Gasteiger partial charge on any atom is 0.408 e. The van der Waals surface area contributed by atoms with Gasteiger partial charge in [0.15, 0.2) is 9.84 Å². The predicted octanol–water partition coefficient (Wildman–Crippen LogP) is 3.96. The second-order valence-electron chi connectivity index (χ2n) is 10.1. The number of benzene rings is 3. The summed E-state index contributed by atoms with van der Waals surface area (Å²) in [7, 11) is -2.63. The molecule has 2 atom stereocenters. The van der Waals surface area contributed by atoms with Crippen molar-refractivity contribution in [2.45, 2.75) is 50.0 Å². The highest BCUT2D eigenvalue weighted by Gasteiger charge is 2.33. The van der Waals surface area contributed by atoms with Crippen molar-refractivity contribution in [3.63, 3.8) is 0 Å². The van der Waals surface area contributed by atoms with E-state index in [4.69, 9.17) is 14.2 Å². The summed E-state index contributed by atoms with van der Waals surface area (Å²) in [5, 5.41) is 4.99. The van der Waals surface area contributed by atoms with Gasteiger partial charge in [-0.3, -0.25) is 4.79 Å². The summed E-state index contributed by atoms with van der Waals surface area (Å²) in [6.07, 6.45) is -0.865. The lowest BCUT2D eigenvalue weighted by Crippen LogP contribution is -2.51. The Hall–Kier alpha value is -4.38. The molecular formula is C30H34N2O8S. The maximum absolute atomic E-state index is 13.5. The zero-order chi connectivity index (χ0) is 30.0. The monoisotopic (exact) mass is 582 g/mol. The molecule has 0 saturated heterocycles. The fourth-order valence-corrected chi connectivity index (χ4v) is 5.12. The Morgan fingerprint density at radius 3 is 1.98 bits per heavy atom. The quantitative estimate of drug-likeness (QED) is 0.324. The molecule has 10 nitrogen and oxygen atoms in total. The van der Waals surface area contributed by atoms with E-state index in [9.17, 15) is 22.8 Å². The van der Waals surface area contributed by atoms with E-state index < -0.39 is 51.2 Å². The molecule has 3 rings (SSSR count). The average Bonchev–Trinajstić information content (AvgIpc) is 2.94. The lowest BCUT2D eigenvalue weighted by atomic mass is 10.1. The minimum absolute atomic E-state index is 0.0695. The van der Waals surface area contributed by atoms with Crippen LogP contribution in [0, 0.1) is 0 Å². The molecule has 0 spiro atoms. The number of sulfone groups is 1. The smallest absolute Gasteiger partial charge is 0.408 e. The van der Waals surface area contributed by atoms with Crippen LogP contribution in [0.4, 0.5) is 4.79 Å². The van der Waals surface area contributed by atoms with Crippen LogP contribution in [0.2, 0.25) is 0 Å². The first-order chi connectivity index (χ1) is 19.4. The number of nitrogens with one attached hydrogen (secondary N) is 2. The number of carbonyl (C=O) groups is 3. The highest BCUT2D eigenvalue weighted by molar-refractivity contribution is 7.91. The van der Waals surface area contributed by atoms with Crippen LogP contribution >= 0.6 is 0 Å². The number of hydrogen-bond donors (Lipinski definition) is 2. The van der Waals surface area contributed by atoms with Gasteiger partial charge in [0.1, 0.15) is 30.0 Å². The van der Waals surface area contributed by atoms with Gasteiger partial charge in [-0.1, -0.05) is 60.7 Å². The van der Waals surface area contributed by atoms with Crippen LogP contribution in [0.3, 0.4) is 0 Å². The molecular weight excluding hydrogens is 548 g/mol. The lowest BCUT2D eigenvalue weighted by molar-refractivity contribution is -0.148. The number of hydrogen-bond acceptors (Lipinski definition) is 8. The molecule has 218 valence electrons. The van der Waals surface area contributed by atoms with Crippen LogP contribution in [0.5, 0.6) is 5.75 Å². The largest absolute Gasteiger partial charge is 0.497 e. The minimum atomic E-state index is -4.08. The molecule has 3 aromatic rings. The molecule has 0 radical (unpaired) electrons. The van der Waals surface area contributed by atoms with Crippen LogP contribution in [0.15, 0.2) is 89.8 Å². The Kier molecular flexibility index (Phi) is 10.5. The standard InChI is InChI=1S/C30H34N2O8S/c1-30(2,3)40-29(35)32-26(22-13-9-6-10-14-22)27(33)31-25(28(34)39-19-21-11-7-5-8-12-21)20-41(36,37)24-17-15-23(38-4)16-18-24/h5-18,25-26H,19-20H2,1-4H3,(H,31,33)(H,32,35). The molecule has 2 unspecified atom stereocenters. The molecule has 3 aromatic carbocycles. The van der Waals surface area contributed by atoms with Gasteiger partial charge in [-0.25, -0.2) is 18.0 Å². The zero-order valence-corrected chi connectivity index (χ0v) is 24.1. The van der Waals surface area contributed by atoms with E-state index in [0.29, 0.717) is 16.9 Å². The minimum Gasteiger partial charge on any atom is -0.497 e. The first kappa shape index (κ1) is 31.2. The number of carbonyl (C=O) groups excluding carboxylic acids is 3. The van der Waals surface area contributed by atoms with Crippen molar-refractivity contribution >= 4 is 27.8 Å². The number of rotatable bonds is 11. The summed E-state index contributed by atoms with van der Waals surface area (Å²) < 4.78 is 42.4. The van der Waals surface area contributed by atoms with Crippen molar-refractivity contribution in [2.24, 2.45) is 0 Å². The Morgan fingerprint density at radius 2 is 1.41 bits per heavy atom.